The largest absolute Gasteiger partial charge is 0.354 e. The van der Waals surface area contributed by atoms with Crippen molar-refractivity contribution in [3.8, 4) is 0 Å². The van der Waals surface area contributed by atoms with Crippen LogP contribution in [0.5, 0.6) is 0 Å². The maximum absolute atomic E-state index is 12.7. The minimum atomic E-state index is 0.275. The fraction of sp³-hybridized carbons (Fsp3) is 0.500. The Morgan fingerprint density at radius 3 is 2.37 bits per heavy atom. The van der Waals surface area contributed by atoms with Crippen molar-refractivity contribution in [1.29, 1.82) is 0 Å². The van der Waals surface area contributed by atoms with Crippen LogP contribution in [0.3, 0.4) is 0 Å². The van der Waals surface area contributed by atoms with Crippen LogP contribution in [0.4, 0.5) is 5.82 Å². The Bertz CT molecular complexity index is 707. The van der Waals surface area contributed by atoms with E-state index in [4.69, 9.17) is 0 Å². The molecule has 2 aliphatic heterocycles. The molecule has 0 bridgehead atoms. The van der Waals surface area contributed by atoms with Crippen molar-refractivity contribution in [2.24, 2.45) is 0 Å². The molecule has 2 aromatic heterocycles. The highest BCUT2D eigenvalue weighted by Crippen LogP contribution is 2.15. The summed E-state index contributed by atoms with van der Waals surface area (Å²) < 4.78 is 0. The monoisotopic (exact) mass is 385 g/mol. The molecule has 0 saturated carbocycles. The van der Waals surface area contributed by atoms with E-state index < -0.39 is 0 Å². The van der Waals surface area contributed by atoms with Crippen LogP contribution >= 0.6 is 11.3 Å². The zero-order chi connectivity index (χ0) is 18.5. The average Bonchev–Trinajstić information content (AvgIpc) is 3.23. The maximum Gasteiger partial charge on any atom is 0.236 e. The molecule has 7 heteroatoms. The zero-order valence-corrected chi connectivity index (χ0v) is 16.5. The van der Waals surface area contributed by atoms with Gasteiger partial charge in [0.25, 0.3) is 0 Å². The summed E-state index contributed by atoms with van der Waals surface area (Å²) in [5.74, 6) is 1.31. The number of amides is 1. The van der Waals surface area contributed by atoms with Crippen molar-refractivity contribution in [2.75, 3.05) is 63.8 Å². The molecule has 0 atom stereocenters. The molecule has 2 aromatic rings. The minimum absolute atomic E-state index is 0.275. The lowest BCUT2D eigenvalue weighted by atomic mass is 10.2. The lowest BCUT2D eigenvalue weighted by Gasteiger charge is -2.38. The highest BCUT2D eigenvalue weighted by Gasteiger charge is 2.25. The van der Waals surface area contributed by atoms with Crippen LogP contribution < -0.4 is 4.90 Å². The number of aromatic nitrogens is 1. The number of hydrogen-bond acceptors (Lipinski definition) is 6. The first-order valence-electron chi connectivity index (χ1n) is 9.69. The third kappa shape index (κ3) is 4.86. The lowest BCUT2D eigenvalue weighted by Crippen LogP contribution is -2.53. The van der Waals surface area contributed by atoms with E-state index >= 15 is 0 Å². The van der Waals surface area contributed by atoms with Gasteiger partial charge in [0.15, 0.2) is 0 Å². The van der Waals surface area contributed by atoms with E-state index in [1.165, 1.54) is 4.88 Å². The Labute approximate surface area is 165 Å². The molecule has 0 radical (unpaired) electrons. The van der Waals surface area contributed by atoms with Crippen molar-refractivity contribution >= 4 is 23.1 Å². The summed E-state index contributed by atoms with van der Waals surface area (Å²) >= 11 is 1.81. The molecule has 1 amide bonds. The second-order valence-electron chi connectivity index (χ2n) is 7.19. The fourth-order valence-corrected chi connectivity index (χ4v) is 4.49. The molecule has 2 aliphatic rings. The van der Waals surface area contributed by atoms with Crippen molar-refractivity contribution in [3.05, 3.63) is 46.8 Å². The maximum atomic E-state index is 12.7. The number of rotatable bonds is 5. The molecule has 2 fully saturated rings. The Hall–Kier alpha value is -1.96. The van der Waals surface area contributed by atoms with E-state index in [0.29, 0.717) is 6.54 Å². The molecule has 4 rings (SSSR count). The lowest BCUT2D eigenvalue weighted by molar-refractivity contribution is -0.134. The van der Waals surface area contributed by atoms with Crippen molar-refractivity contribution in [1.82, 2.24) is 19.7 Å². The Morgan fingerprint density at radius 1 is 0.926 bits per heavy atom. The molecule has 0 aromatic carbocycles. The first-order chi connectivity index (χ1) is 13.3. The highest BCUT2D eigenvalue weighted by molar-refractivity contribution is 7.09. The van der Waals surface area contributed by atoms with Gasteiger partial charge in [0.2, 0.25) is 5.91 Å². The van der Waals surface area contributed by atoms with Crippen LogP contribution in [0.25, 0.3) is 0 Å². The topological polar surface area (TPSA) is 42.9 Å². The summed E-state index contributed by atoms with van der Waals surface area (Å²) in [4.78, 5) is 27.6. The molecule has 0 unspecified atom stereocenters. The van der Waals surface area contributed by atoms with E-state index in [2.05, 4.69) is 43.3 Å². The van der Waals surface area contributed by atoms with E-state index in [0.717, 1.165) is 64.7 Å². The first kappa shape index (κ1) is 18.4. The van der Waals surface area contributed by atoms with E-state index in [-0.39, 0.29) is 5.91 Å². The minimum Gasteiger partial charge on any atom is -0.354 e. The van der Waals surface area contributed by atoms with Crippen molar-refractivity contribution in [3.63, 3.8) is 0 Å². The number of piperazine rings is 2. The molecule has 0 aliphatic carbocycles. The van der Waals surface area contributed by atoms with Gasteiger partial charge in [-0.1, -0.05) is 12.1 Å². The second kappa shape index (κ2) is 8.82. The van der Waals surface area contributed by atoms with Gasteiger partial charge >= 0.3 is 0 Å². The summed E-state index contributed by atoms with van der Waals surface area (Å²) in [5, 5.41) is 2.13. The van der Waals surface area contributed by atoms with Crippen LogP contribution in [-0.2, 0) is 11.3 Å². The van der Waals surface area contributed by atoms with Gasteiger partial charge in [-0.2, -0.15) is 0 Å². The summed E-state index contributed by atoms with van der Waals surface area (Å²) in [6.07, 6.45) is 1.84. The highest BCUT2D eigenvalue weighted by atomic mass is 32.1. The number of carbonyl (C=O) groups is 1. The molecule has 2 saturated heterocycles. The molecular formula is C20H27N5OS. The second-order valence-corrected chi connectivity index (χ2v) is 8.22. The molecule has 144 valence electrons. The van der Waals surface area contributed by atoms with Gasteiger partial charge < -0.3 is 9.80 Å². The van der Waals surface area contributed by atoms with Crippen LogP contribution in [0, 0.1) is 0 Å². The molecule has 0 spiro atoms. The van der Waals surface area contributed by atoms with Gasteiger partial charge in [-0.15, -0.1) is 11.3 Å². The quantitative estimate of drug-likeness (QED) is 0.782. The predicted molar refractivity (Wildman–Crippen MR) is 109 cm³/mol. The number of thiophene rings is 1. The van der Waals surface area contributed by atoms with Crippen molar-refractivity contribution < 1.29 is 4.79 Å². The number of carbonyl (C=O) groups excluding carboxylic acids is 1. The number of hydrogen-bond donors (Lipinski definition) is 0. The van der Waals surface area contributed by atoms with Gasteiger partial charge in [0.1, 0.15) is 5.82 Å². The summed E-state index contributed by atoms with van der Waals surface area (Å²) in [6.45, 7) is 8.87. The van der Waals surface area contributed by atoms with Crippen LogP contribution in [0.15, 0.2) is 41.9 Å². The van der Waals surface area contributed by atoms with Crippen LogP contribution in [-0.4, -0.2) is 84.5 Å². The van der Waals surface area contributed by atoms with E-state index in [1.54, 1.807) is 0 Å². The first-order valence-corrected chi connectivity index (χ1v) is 10.6. The number of pyridine rings is 1. The number of anilines is 1. The standard InChI is InChI=1S/C20H27N5OS/c26-20(25-13-9-22(10-14-25)16-18-4-3-15-27-18)17-23-7-11-24(12-8-23)19-5-1-2-6-21-19/h1-6,15H,7-14,16-17H2. The Kier molecular flexibility index (Phi) is 6.01. The van der Waals surface area contributed by atoms with Gasteiger partial charge in [0.05, 0.1) is 6.54 Å². The third-order valence-electron chi connectivity index (χ3n) is 5.39. The van der Waals surface area contributed by atoms with Gasteiger partial charge in [-0.25, -0.2) is 4.98 Å². The zero-order valence-electron chi connectivity index (χ0n) is 15.7. The summed E-state index contributed by atoms with van der Waals surface area (Å²) in [7, 11) is 0. The molecule has 0 N–H and O–H groups in total. The van der Waals surface area contributed by atoms with E-state index in [9.17, 15) is 4.79 Å². The average molecular weight is 386 g/mol. The third-order valence-corrected chi connectivity index (χ3v) is 6.25. The van der Waals surface area contributed by atoms with E-state index in [1.807, 2.05) is 34.6 Å². The van der Waals surface area contributed by atoms with Crippen molar-refractivity contribution in [2.45, 2.75) is 6.54 Å². The Morgan fingerprint density at radius 2 is 1.70 bits per heavy atom. The summed E-state index contributed by atoms with van der Waals surface area (Å²) in [5.41, 5.74) is 0. The number of nitrogens with zero attached hydrogens (tertiary/aromatic N) is 5. The van der Waals surface area contributed by atoms with Gasteiger partial charge in [-0.3, -0.25) is 14.6 Å². The molecule has 4 heterocycles. The van der Waals surface area contributed by atoms with Crippen LogP contribution in [0.2, 0.25) is 0 Å². The predicted octanol–water partition coefficient (Wildman–Crippen LogP) is 1.61. The van der Waals surface area contributed by atoms with Crippen LogP contribution in [0.1, 0.15) is 4.88 Å². The Balaban J connectivity index is 1.19. The smallest absolute Gasteiger partial charge is 0.236 e. The molecule has 6 nitrogen and oxygen atoms in total. The fourth-order valence-electron chi connectivity index (χ4n) is 3.75. The van der Waals surface area contributed by atoms with Gasteiger partial charge in [0, 0.05) is 70.0 Å². The normalized spacial score (nSPS) is 19.4. The molecular weight excluding hydrogens is 358 g/mol. The molecule has 27 heavy (non-hydrogen) atoms. The van der Waals surface area contributed by atoms with Gasteiger partial charge in [-0.05, 0) is 23.6 Å². The summed E-state index contributed by atoms with van der Waals surface area (Å²) in [6, 6.07) is 10.3. The SMILES string of the molecule is O=C(CN1CCN(c2ccccn2)CC1)N1CCN(Cc2cccs2)CC1.